The number of aryl methyl sites for hydroxylation is 1. The molecule has 0 unspecified atom stereocenters. The highest BCUT2D eigenvalue weighted by molar-refractivity contribution is 9.10. The first-order valence-electron chi connectivity index (χ1n) is 5.25. The van der Waals surface area contributed by atoms with Gasteiger partial charge in [-0.15, -0.1) is 0 Å². The molecule has 2 aromatic carbocycles. The molecule has 94 valence electrons. The average molecular weight is 346 g/mol. The Morgan fingerprint density at radius 1 is 1.11 bits per heavy atom. The SMILES string of the molecule is Cc1cc(N)cc(Nc2ccc(Br)c(Cl)c2Cl)c1. The van der Waals surface area contributed by atoms with Gasteiger partial charge in [-0.25, -0.2) is 0 Å². The maximum Gasteiger partial charge on any atom is 0.0838 e. The van der Waals surface area contributed by atoms with Gasteiger partial charge in [-0.3, -0.25) is 0 Å². The molecule has 2 aromatic rings. The van der Waals surface area contributed by atoms with Crippen molar-refractivity contribution in [1.82, 2.24) is 0 Å². The monoisotopic (exact) mass is 344 g/mol. The molecule has 0 aromatic heterocycles. The summed E-state index contributed by atoms with van der Waals surface area (Å²) in [4.78, 5) is 0. The van der Waals surface area contributed by atoms with Crippen LogP contribution in [0.5, 0.6) is 0 Å². The summed E-state index contributed by atoms with van der Waals surface area (Å²) in [6, 6.07) is 9.44. The fourth-order valence-electron chi connectivity index (χ4n) is 1.66. The molecule has 3 N–H and O–H groups in total. The van der Waals surface area contributed by atoms with Gasteiger partial charge in [-0.1, -0.05) is 23.2 Å². The largest absolute Gasteiger partial charge is 0.399 e. The fraction of sp³-hybridized carbons (Fsp3) is 0.0769. The van der Waals surface area contributed by atoms with Crippen molar-refractivity contribution in [3.8, 4) is 0 Å². The fourth-order valence-corrected chi connectivity index (χ4v) is 2.48. The lowest BCUT2D eigenvalue weighted by Crippen LogP contribution is -1.94. The summed E-state index contributed by atoms with van der Waals surface area (Å²) in [7, 11) is 0. The van der Waals surface area contributed by atoms with E-state index in [-0.39, 0.29) is 0 Å². The molecule has 0 aliphatic carbocycles. The van der Waals surface area contributed by atoms with Crippen LogP contribution >= 0.6 is 39.1 Å². The number of anilines is 3. The third-order valence-electron chi connectivity index (χ3n) is 2.41. The summed E-state index contributed by atoms with van der Waals surface area (Å²) in [6.45, 7) is 1.98. The lowest BCUT2D eigenvalue weighted by molar-refractivity contribution is 1.45. The number of rotatable bonds is 2. The van der Waals surface area contributed by atoms with E-state index in [1.54, 1.807) is 0 Å². The zero-order chi connectivity index (χ0) is 13.3. The van der Waals surface area contributed by atoms with E-state index in [0.717, 1.165) is 21.4 Å². The van der Waals surface area contributed by atoms with Crippen LogP contribution in [-0.2, 0) is 0 Å². The molecule has 0 aliphatic rings. The lowest BCUT2D eigenvalue weighted by atomic mass is 10.2. The van der Waals surface area contributed by atoms with Gasteiger partial charge in [-0.2, -0.15) is 0 Å². The number of hydrogen-bond acceptors (Lipinski definition) is 2. The lowest BCUT2D eigenvalue weighted by Gasteiger charge is -2.11. The maximum absolute atomic E-state index is 6.17. The number of nitrogens with one attached hydrogen (secondary N) is 1. The Labute approximate surface area is 124 Å². The Kier molecular flexibility index (Phi) is 4.05. The van der Waals surface area contributed by atoms with Crippen LogP contribution in [-0.4, -0.2) is 0 Å². The predicted molar refractivity (Wildman–Crippen MR) is 83.0 cm³/mol. The molecular formula is C13H11BrCl2N2. The van der Waals surface area contributed by atoms with Crippen molar-refractivity contribution in [2.75, 3.05) is 11.1 Å². The second-order valence-corrected chi connectivity index (χ2v) is 5.59. The standard InChI is InChI=1S/C13H11BrCl2N2/c1-7-4-8(17)6-9(5-7)18-11-3-2-10(14)12(15)13(11)16/h2-6,18H,17H2,1H3. The van der Waals surface area contributed by atoms with E-state index in [9.17, 15) is 0 Å². The molecule has 0 atom stereocenters. The molecule has 5 heteroatoms. The molecule has 0 fully saturated rings. The van der Waals surface area contributed by atoms with E-state index in [1.807, 2.05) is 37.3 Å². The van der Waals surface area contributed by atoms with Crippen molar-refractivity contribution in [1.29, 1.82) is 0 Å². The van der Waals surface area contributed by atoms with E-state index < -0.39 is 0 Å². The number of nitrogen functional groups attached to an aromatic ring is 1. The predicted octanol–water partition coefficient (Wildman–Crippen LogP) is 5.39. The van der Waals surface area contributed by atoms with Crippen LogP contribution < -0.4 is 11.1 Å². The number of hydrogen-bond donors (Lipinski definition) is 2. The average Bonchev–Trinajstić information content (AvgIpc) is 2.29. The molecule has 2 rings (SSSR count). The summed E-state index contributed by atoms with van der Waals surface area (Å²) in [5.74, 6) is 0. The van der Waals surface area contributed by atoms with Crippen molar-refractivity contribution in [3.05, 3.63) is 50.4 Å². The van der Waals surface area contributed by atoms with Gasteiger partial charge in [0.2, 0.25) is 0 Å². The first kappa shape index (κ1) is 13.5. The Morgan fingerprint density at radius 2 is 1.83 bits per heavy atom. The zero-order valence-corrected chi connectivity index (χ0v) is 12.7. The molecule has 0 aliphatic heterocycles. The quantitative estimate of drug-likeness (QED) is 0.565. The Balaban J connectivity index is 2.37. The summed E-state index contributed by atoms with van der Waals surface area (Å²) < 4.78 is 0.767. The Bertz CT molecular complexity index is 580. The number of halogens is 3. The van der Waals surface area contributed by atoms with Gasteiger partial charge in [0.1, 0.15) is 0 Å². The van der Waals surface area contributed by atoms with Crippen LogP contribution in [0.3, 0.4) is 0 Å². The van der Waals surface area contributed by atoms with Crippen LogP contribution in [0.15, 0.2) is 34.8 Å². The first-order valence-corrected chi connectivity index (χ1v) is 6.80. The normalized spacial score (nSPS) is 10.4. The smallest absolute Gasteiger partial charge is 0.0838 e. The van der Waals surface area contributed by atoms with Crippen molar-refractivity contribution < 1.29 is 0 Å². The minimum atomic E-state index is 0.478. The highest BCUT2D eigenvalue weighted by Crippen LogP contribution is 2.37. The van der Waals surface area contributed by atoms with E-state index in [1.165, 1.54) is 0 Å². The van der Waals surface area contributed by atoms with Gasteiger partial charge >= 0.3 is 0 Å². The van der Waals surface area contributed by atoms with Crippen molar-refractivity contribution >= 4 is 56.2 Å². The van der Waals surface area contributed by atoms with E-state index in [0.29, 0.717) is 15.7 Å². The van der Waals surface area contributed by atoms with Crippen LogP contribution in [0.25, 0.3) is 0 Å². The molecule has 0 amide bonds. The molecule has 0 spiro atoms. The van der Waals surface area contributed by atoms with Gasteiger partial charge < -0.3 is 11.1 Å². The molecule has 18 heavy (non-hydrogen) atoms. The molecule has 0 bridgehead atoms. The van der Waals surface area contributed by atoms with Gasteiger partial charge in [0.05, 0.1) is 15.7 Å². The third-order valence-corrected chi connectivity index (χ3v) is 4.18. The van der Waals surface area contributed by atoms with Gasteiger partial charge in [0.15, 0.2) is 0 Å². The molecule has 0 saturated heterocycles. The molecule has 2 nitrogen and oxygen atoms in total. The van der Waals surface area contributed by atoms with E-state index in [4.69, 9.17) is 28.9 Å². The van der Waals surface area contributed by atoms with Gasteiger partial charge in [-0.05, 0) is 58.7 Å². The minimum Gasteiger partial charge on any atom is -0.399 e. The van der Waals surface area contributed by atoms with Crippen molar-refractivity contribution in [3.63, 3.8) is 0 Å². The highest BCUT2D eigenvalue weighted by atomic mass is 79.9. The third kappa shape index (κ3) is 2.91. The second kappa shape index (κ2) is 5.39. The summed E-state index contributed by atoms with van der Waals surface area (Å²) in [5.41, 5.74) is 9.21. The summed E-state index contributed by atoms with van der Waals surface area (Å²) in [6.07, 6.45) is 0. The summed E-state index contributed by atoms with van der Waals surface area (Å²) >= 11 is 15.6. The topological polar surface area (TPSA) is 38.0 Å². The van der Waals surface area contributed by atoms with E-state index in [2.05, 4.69) is 21.2 Å². The van der Waals surface area contributed by atoms with E-state index >= 15 is 0 Å². The molecule has 0 saturated carbocycles. The molecular weight excluding hydrogens is 335 g/mol. The van der Waals surface area contributed by atoms with Crippen LogP contribution in [0.4, 0.5) is 17.1 Å². The Hall–Kier alpha value is -0.900. The molecule has 0 heterocycles. The highest BCUT2D eigenvalue weighted by Gasteiger charge is 2.08. The number of benzene rings is 2. The number of nitrogens with two attached hydrogens (primary N) is 1. The van der Waals surface area contributed by atoms with Gasteiger partial charge in [0, 0.05) is 15.8 Å². The summed E-state index contributed by atoms with van der Waals surface area (Å²) in [5, 5.41) is 4.17. The van der Waals surface area contributed by atoms with Gasteiger partial charge in [0.25, 0.3) is 0 Å². The minimum absolute atomic E-state index is 0.478. The first-order chi connectivity index (χ1) is 8.47. The zero-order valence-electron chi connectivity index (χ0n) is 9.60. The Morgan fingerprint density at radius 3 is 2.50 bits per heavy atom. The van der Waals surface area contributed by atoms with Crippen molar-refractivity contribution in [2.45, 2.75) is 6.92 Å². The second-order valence-electron chi connectivity index (χ2n) is 3.98. The van der Waals surface area contributed by atoms with Crippen LogP contribution in [0.2, 0.25) is 10.0 Å². The maximum atomic E-state index is 6.17. The van der Waals surface area contributed by atoms with Crippen LogP contribution in [0, 0.1) is 6.92 Å². The molecule has 0 radical (unpaired) electrons. The van der Waals surface area contributed by atoms with Crippen molar-refractivity contribution in [2.24, 2.45) is 0 Å². The van der Waals surface area contributed by atoms with Crippen LogP contribution in [0.1, 0.15) is 5.56 Å².